The Morgan fingerprint density at radius 1 is 0.868 bits per heavy atom. The third-order valence-electron chi connectivity index (χ3n) is 6.10. The summed E-state index contributed by atoms with van der Waals surface area (Å²) in [6.45, 7) is 2.60. The first kappa shape index (κ1) is 25.5. The maximum absolute atomic E-state index is 13.6. The van der Waals surface area contributed by atoms with E-state index in [-0.39, 0.29) is 23.4 Å². The minimum Gasteiger partial charge on any atom is -0.459 e. The molecule has 1 fully saturated rings. The Morgan fingerprint density at radius 2 is 1.53 bits per heavy atom. The molecular formula is C27H25F3N6OS. The first-order chi connectivity index (χ1) is 18.3. The molecular weight excluding hydrogens is 513 g/mol. The predicted molar refractivity (Wildman–Crippen MR) is 145 cm³/mol. The number of anilines is 3. The van der Waals surface area contributed by atoms with E-state index in [4.69, 9.17) is 16.6 Å². The highest BCUT2D eigenvalue weighted by Gasteiger charge is 2.34. The molecule has 2 aromatic carbocycles. The maximum atomic E-state index is 13.6. The molecule has 0 aliphatic carbocycles. The summed E-state index contributed by atoms with van der Waals surface area (Å²) in [6.07, 6.45) is -4.63. The van der Waals surface area contributed by atoms with Gasteiger partial charge in [-0.3, -0.25) is 0 Å². The van der Waals surface area contributed by atoms with E-state index < -0.39 is 11.9 Å². The van der Waals surface area contributed by atoms with Crippen molar-refractivity contribution in [2.45, 2.75) is 12.7 Å². The minimum atomic E-state index is -4.63. The number of nitrogens with one attached hydrogen (secondary N) is 2. The molecule has 2 aromatic heterocycles. The van der Waals surface area contributed by atoms with Crippen LogP contribution in [0.25, 0.3) is 11.3 Å². The number of furan rings is 1. The molecule has 0 bridgehead atoms. The van der Waals surface area contributed by atoms with Gasteiger partial charge in [0.2, 0.25) is 5.95 Å². The number of hydrogen-bond donors (Lipinski definition) is 2. The van der Waals surface area contributed by atoms with E-state index >= 15 is 0 Å². The van der Waals surface area contributed by atoms with Crippen molar-refractivity contribution >= 4 is 34.8 Å². The van der Waals surface area contributed by atoms with Crippen LogP contribution in [0.15, 0.2) is 83.3 Å². The molecule has 1 aliphatic heterocycles. The first-order valence-corrected chi connectivity index (χ1v) is 12.5. The lowest BCUT2D eigenvalue weighted by atomic mass is 10.2. The zero-order chi connectivity index (χ0) is 26.5. The third kappa shape index (κ3) is 6.23. The van der Waals surface area contributed by atoms with Crippen molar-refractivity contribution in [3.63, 3.8) is 0 Å². The van der Waals surface area contributed by atoms with Crippen LogP contribution in [-0.2, 0) is 12.7 Å². The monoisotopic (exact) mass is 538 g/mol. The highest BCUT2D eigenvalue weighted by Crippen LogP contribution is 2.31. The minimum absolute atomic E-state index is 0.0850. The van der Waals surface area contributed by atoms with Gasteiger partial charge < -0.3 is 24.9 Å². The van der Waals surface area contributed by atoms with Crippen LogP contribution in [0.1, 0.15) is 11.5 Å². The first-order valence-electron chi connectivity index (χ1n) is 12.1. The van der Waals surface area contributed by atoms with Crippen LogP contribution in [-0.4, -0.2) is 41.3 Å². The molecule has 196 valence electrons. The zero-order valence-electron chi connectivity index (χ0n) is 20.3. The zero-order valence-corrected chi connectivity index (χ0v) is 21.1. The molecule has 1 saturated heterocycles. The van der Waals surface area contributed by atoms with Gasteiger partial charge in [0.15, 0.2) is 10.8 Å². The number of aromatic nitrogens is 2. The topological polar surface area (TPSA) is 69.5 Å². The molecule has 1 aliphatic rings. The second-order valence-corrected chi connectivity index (χ2v) is 9.09. The molecule has 38 heavy (non-hydrogen) atoms. The number of piperazine rings is 1. The van der Waals surface area contributed by atoms with Crippen LogP contribution in [0.3, 0.4) is 0 Å². The van der Waals surface area contributed by atoms with E-state index in [1.807, 2.05) is 77.7 Å². The number of hydrogen-bond acceptors (Lipinski definition) is 6. The van der Waals surface area contributed by atoms with Crippen LogP contribution in [0.5, 0.6) is 0 Å². The van der Waals surface area contributed by atoms with Gasteiger partial charge in [-0.1, -0.05) is 48.5 Å². The number of para-hydroxylation sites is 1. The van der Waals surface area contributed by atoms with Crippen molar-refractivity contribution in [2.75, 3.05) is 41.3 Å². The maximum Gasteiger partial charge on any atom is 0.433 e. The summed E-state index contributed by atoms with van der Waals surface area (Å²) >= 11 is 5.30. The molecule has 0 unspecified atom stereocenters. The summed E-state index contributed by atoms with van der Waals surface area (Å²) in [6, 6.07) is 24.2. The number of rotatable bonds is 6. The van der Waals surface area contributed by atoms with Crippen molar-refractivity contribution < 1.29 is 17.6 Å². The molecule has 5 rings (SSSR count). The molecule has 0 amide bonds. The van der Waals surface area contributed by atoms with Gasteiger partial charge in [-0.05, 0) is 36.5 Å². The Morgan fingerprint density at radius 3 is 2.21 bits per heavy atom. The second kappa shape index (κ2) is 11.1. The quantitative estimate of drug-likeness (QED) is 0.309. The van der Waals surface area contributed by atoms with Crippen molar-refractivity contribution in [2.24, 2.45) is 0 Å². The second-order valence-electron chi connectivity index (χ2n) is 8.68. The highest BCUT2D eigenvalue weighted by atomic mass is 32.1. The van der Waals surface area contributed by atoms with Crippen LogP contribution < -0.4 is 20.4 Å². The Balaban J connectivity index is 1.24. The Bertz CT molecular complexity index is 1370. The molecule has 2 N–H and O–H groups in total. The molecule has 11 heteroatoms. The van der Waals surface area contributed by atoms with E-state index in [0.717, 1.165) is 17.3 Å². The summed E-state index contributed by atoms with van der Waals surface area (Å²) in [5.74, 6) is 1.31. The van der Waals surface area contributed by atoms with E-state index in [2.05, 4.69) is 25.5 Å². The van der Waals surface area contributed by atoms with E-state index in [1.54, 1.807) is 0 Å². The van der Waals surface area contributed by atoms with Gasteiger partial charge in [0, 0.05) is 43.5 Å². The SMILES string of the molecule is FC(F)(F)c1cc(N2CCN(c3ccccc3)CC2)nc(NC(=S)NCc2ccc(-c3ccccc3)o2)n1. The third-order valence-corrected chi connectivity index (χ3v) is 6.34. The van der Waals surface area contributed by atoms with E-state index in [0.29, 0.717) is 37.7 Å². The van der Waals surface area contributed by atoms with Crippen LogP contribution >= 0.6 is 12.2 Å². The van der Waals surface area contributed by atoms with E-state index in [1.165, 1.54) is 0 Å². The average molecular weight is 539 g/mol. The van der Waals surface area contributed by atoms with Crippen molar-refractivity contribution in [1.29, 1.82) is 0 Å². The lowest BCUT2D eigenvalue weighted by molar-refractivity contribution is -0.141. The summed E-state index contributed by atoms with van der Waals surface area (Å²) in [5, 5.41) is 5.72. The van der Waals surface area contributed by atoms with Crippen LogP contribution in [0, 0.1) is 0 Å². The van der Waals surface area contributed by atoms with Crippen molar-refractivity contribution in [3.8, 4) is 11.3 Å². The largest absolute Gasteiger partial charge is 0.459 e. The lowest BCUT2D eigenvalue weighted by Crippen LogP contribution is -2.47. The Kier molecular flexibility index (Phi) is 7.45. The van der Waals surface area contributed by atoms with Crippen molar-refractivity contribution in [3.05, 3.63) is 90.3 Å². The molecule has 4 aromatic rings. The average Bonchev–Trinajstić information content (AvgIpc) is 3.42. The summed E-state index contributed by atoms with van der Waals surface area (Å²) in [7, 11) is 0. The normalized spacial score (nSPS) is 13.9. The Hall–Kier alpha value is -4.12. The molecule has 0 spiro atoms. The number of benzene rings is 2. The van der Waals surface area contributed by atoms with Gasteiger partial charge >= 0.3 is 6.18 Å². The smallest absolute Gasteiger partial charge is 0.433 e. The van der Waals surface area contributed by atoms with Crippen LogP contribution in [0.4, 0.5) is 30.6 Å². The van der Waals surface area contributed by atoms with Gasteiger partial charge in [0.05, 0.1) is 6.54 Å². The lowest BCUT2D eigenvalue weighted by Gasteiger charge is -2.37. The predicted octanol–water partition coefficient (Wildman–Crippen LogP) is 5.57. The highest BCUT2D eigenvalue weighted by molar-refractivity contribution is 7.80. The summed E-state index contributed by atoms with van der Waals surface area (Å²) < 4.78 is 46.8. The molecule has 7 nitrogen and oxygen atoms in total. The molecule has 0 atom stereocenters. The summed E-state index contributed by atoms with van der Waals surface area (Å²) in [4.78, 5) is 12.0. The molecule has 0 radical (unpaired) electrons. The molecule has 3 heterocycles. The van der Waals surface area contributed by atoms with Gasteiger partial charge in [-0.2, -0.15) is 18.2 Å². The fourth-order valence-electron chi connectivity index (χ4n) is 4.17. The van der Waals surface area contributed by atoms with Gasteiger partial charge in [-0.25, -0.2) is 4.98 Å². The van der Waals surface area contributed by atoms with Crippen molar-refractivity contribution in [1.82, 2.24) is 15.3 Å². The van der Waals surface area contributed by atoms with Crippen LogP contribution in [0.2, 0.25) is 0 Å². The van der Waals surface area contributed by atoms with Gasteiger partial charge in [0.1, 0.15) is 17.3 Å². The molecule has 0 saturated carbocycles. The fraction of sp³-hybridized carbons (Fsp3) is 0.222. The van der Waals surface area contributed by atoms with Gasteiger partial charge in [-0.15, -0.1) is 0 Å². The van der Waals surface area contributed by atoms with Gasteiger partial charge in [0.25, 0.3) is 0 Å². The van der Waals surface area contributed by atoms with E-state index in [9.17, 15) is 13.2 Å². The summed E-state index contributed by atoms with van der Waals surface area (Å²) in [5.41, 5.74) is 0.989. The Labute approximate surface area is 223 Å². The number of thiocarbonyl (C=S) groups is 1. The standard InChI is InChI=1S/C27H25F3N6OS/c28-27(29,30)23-17-24(36-15-13-35(14-16-36)20-9-5-2-6-10-20)33-25(32-23)34-26(38)31-18-21-11-12-22(37-21)19-7-3-1-4-8-19/h1-12,17H,13-16,18H2,(H2,31,32,33,34,38). The number of alkyl halides is 3. The fourth-order valence-corrected chi connectivity index (χ4v) is 4.34. The number of halogens is 3. The number of nitrogens with zero attached hydrogens (tertiary/aromatic N) is 4.